The molecule has 0 saturated carbocycles. The van der Waals surface area contributed by atoms with E-state index in [1.165, 1.54) is 4.90 Å². The second-order valence-electron chi connectivity index (χ2n) is 9.18. The van der Waals surface area contributed by atoms with E-state index in [1.807, 2.05) is 0 Å². The Morgan fingerprint density at radius 3 is 2.06 bits per heavy atom. The summed E-state index contributed by atoms with van der Waals surface area (Å²) in [6.45, 7) is 5.75. The monoisotopic (exact) mass is 547 g/mol. The van der Waals surface area contributed by atoms with E-state index in [0.717, 1.165) is 24.3 Å². The predicted octanol–water partition coefficient (Wildman–Crippen LogP) is 6.31. The van der Waals surface area contributed by atoms with Gasteiger partial charge in [0.05, 0.1) is 4.90 Å². The molecule has 13 heteroatoms. The Labute approximate surface area is 212 Å². The largest absolute Gasteiger partial charge is 0.573 e. The van der Waals surface area contributed by atoms with Crippen molar-refractivity contribution in [3.63, 3.8) is 0 Å². The Kier molecular flexibility index (Phi) is 7.89. The minimum Gasteiger partial charge on any atom is -0.444 e. The van der Waals surface area contributed by atoms with Crippen molar-refractivity contribution in [3.05, 3.63) is 59.1 Å². The van der Waals surface area contributed by atoms with Crippen molar-refractivity contribution >= 4 is 27.7 Å². The maximum atomic E-state index is 12.8. The van der Waals surface area contributed by atoms with Gasteiger partial charge in [0.15, 0.2) is 0 Å². The normalized spacial score (nSPS) is 16.7. The number of benzene rings is 2. The third kappa shape index (κ3) is 7.33. The van der Waals surface area contributed by atoms with Crippen LogP contribution >= 0.6 is 11.6 Å². The number of hydrogen-bond acceptors (Lipinski definition) is 6. The highest BCUT2D eigenvalue weighted by Crippen LogP contribution is 2.39. The maximum Gasteiger partial charge on any atom is 0.573 e. The first-order valence-electron chi connectivity index (χ1n) is 10.9. The highest BCUT2D eigenvalue weighted by molar-refractivity contribution is 7.90. The summed E-state index contributed by atoms with van der Waals surface area (Å²) >= 11 is 6.00. The molecule has 0 aliphatic carbocycles. The van der Waals surface area contributed by atoms with E-state index in [-0.39, 0.29) is 30.8 Å². The lowest BCUT2D eigenvalue weighted by molar-refractivity contribution is -0.274. The molecule has 0 unspecified atom stereocenters. The number of rotatable bonds is 5. The average Bonchev–Trinajstić information content (AvgIpc) is 2.77. The van der Waals surface area contributed by atoms with Gasteiger partial charge >= 0.3 is 12.5 Å². The summed E-state index contributed by atoms with van der Waals surface area (Å²) in [5.41, 5.74) is -1.09. The Balaban J connectivity index is 1.86. The number of nitrogens with zero attached hydrogens (tertiary/aromatic N) is 3. The standard InChI is InChI=1S/C23H25ClF3N3O5S/c1-21(2,3)35-20(31)30-14-12-22(13-15-30,16-4-6-17(24)7-5-16)28-29-36(32,33)19-10-8-18(9-11-19)34-23(25,26)27/h4-11H,12-15H2,1-3H3. The molecule has 0 aromatic heterocycles. The first kappa shape index (κ1) is 27.7. The second-order valence-corrected chi connectivity index (χ2v) is 11.2. The molecule has 0 atom stereocenters. The maximum absolute atomic E-state index is 12.8. The van der Waals surface area contributed by atoms with Crippen LogP contribution in [0.3, 0.4) is 0 Å². The van der Waals surface area contributed by atoms with Crippen LogP contribution in [0.4, 0.5) is 18.0 Å². The zero-order valence-corrected chi connectivity index (χ0v) is 21.3. The predicted molar refractivity (Wildman–Crippen MR) is 125 cm³/mol. The lowest BCUT2D eigenvalue weighted by atomic mass is 9.82. The molecular formula is C23H25ClF3N3O5S. The van der Waals surface area contributed by atoms with Crippen LogP contribution in [0.5, 0.6) is 5.75 Å². The number of likely N-dealkylation sites (tertiary alicyclic amines) is 1. The summed E-state index contributed by atoms with van der Waals surface area (Å²) in [6, 6.07) is 10.4. The summed E-state index contributed by atoms with van der Waals surface area (Å²) in [5, 5.41) is 4.69. The summed E-state index contributed by atoms with van der Waals surface area (Å²) in [5.74, 6) is -0.564. The van der Waals surface area contributed by atoms with Gasteiger partial charge in [-0.15, -0.1) is 13.2 Å². The first-order chi connectivity index (χ1) is 16.6. The van der Waals surface area contributed by atoms with E-state index in [9.17, 15) is 26.4 Å². The highest BCUT2D eigenvalue weighted by atomic mass is 35.5. The molecule has 1 heterocycles. The molecule has 1 aliphatic rings. The zero-order valence-electron chi connectivity index (χ0n) is 19.8. The quantitative estimate of drug-likeness (QED) is 0.409. The van der Waals surface area contributed by atoms with E-state index in [0.29, 0.717) is 10.6 Å². The number of piperidine rings is 1. The Morgan fingerprint density at radius 1 is 1.00 bits per heavy atom. The molecule has 1 amide bonds. The van der Waals surface area contributed by atoms with E-state index >= 15 is 0 Å². The molecule has 1 saturated heterocycles. The molecule has 0 bridgehead atoms. The summed E-state index contributed by atoms with van der Waals surface area (Å²) < 4.78 is 75.5. The zero-order chi connectivity index (χ0) is 26.8. The number of halogens is 4. The Morgan fingerprint density at radius 2 is 1.56 bits per heavy atom. The fourth-order valence-electron chi connectivity index (χ4n) is 3.58. The first-order valence-corrected chi connectivity index (χ1v) is 12.7. The molecule has 36 heavy (non-hydrogen) atoms. The van der Waals surface area contributed by atoms with Crippen LogP contribution in [0.1, 0.15) is 39.2 Å². The third-order valence-electron chi connectivity index (χ3n) is 5.32. The topological polar surface area (TPSA) is 97.6 Å². The van der Waals surface area contributed by atoms with Gasteiger partial charge in [-0.3, -0.25) is 0 Å². The number of hydrogen-bond donors (Lipinski definition) is 0. The van der Waals surface area contributed by atoms with Gasteiger partial charge in [0.25, 0.3) is 10.0 Å². The van der Waals surface area contributed by atoms with Crippen molar-refractivity contribution < 1.29 is 35.9 Å². The van der Waals surface area contributed by atoms with Crippen LogP contribution in [0, 0.1) is 0 Å². The molecule has 1 fully saturated rings. The van der Waals surface area contributed by atoms with Crippen LogP contribution in [0.2, 0.25) is 5.02 Å². The van der Waals surface area contributed by atoms with E-state index in [4.69, 9.17) is 16.3 Å². The van der Waals surface area contributed by atoms with Crippen LogP contribution in [0.25, 0.3) is 0 Å². The number of amides is 1. The van der Waals surface area contributed by atoms with Gasteiger partial charge in [-0.25, -0.2) is 4.79 Å². The average molecular weight is 548 g/mol. The molecule has 0 spiro atoms. The van der Waals surface area contributed by atoms with Crippen LogP contribution in [-0.2, 0) is 20.3 Å². The van der Waals surface area contributed by atoms with E-state index in [2.05, 4.69) is 14.4 Å². The van der Waals surface area contributed by atoms with Crippen molar-refractivity contribution in [3.8, 4) is 5.75 Å². The molecule has 0 N–H and O–H groups in total. The van der Waals surface area contributed by atoms with Crippen molar-refractivity contribution in [2.45, 2.75) is 56.0 Å². The molecule has 2 aromatic rings. The van der Waals surface area contributed by atoms with E-state index < -0.39 is 39.4 Å². The van der Waals surface area contributed by atoms with Crippen molar-refractivity contribution in [2.75, 3.05) is 13.1 Å². The van der Waals surface area contributed by atoms with Gasteiger partial charge in [0, 0.05) is 18.1 Å². The second kappa shape index (κ2) is 10.3. The minimum absolute atomic E-state index is 0.236. The number of sulfonamides is 1. The van der Waals surface area contributed by atoms with Gasteiger partial charge in [-0.1, -0.05) is 28.3 Å². The molecule has 2 aromatic carbocycles. The lowest BCUT2D eigenvalue weighted by Crippen LogP contribution is -2.46. The van der Waals surface area contributed by atoms with Gasteiger partial charge in [-0.2, -0.15) is 13.5 Å². The van der Waals surface area contributed by atoms with Crippen molar-refractivity contribution in [2.24, 2.45) is 9.63 Å². The number of alkyl halides is 3. The molecule has 8 nitrogen and oxygen atoms in total. The van der Waals surface area contributed by atoms with Gasteiger partial charge in [-0.05, 0) is 75.6 Å². The summed E-state index contributed by atoms with van der Waals surface area (Å²) in [4.78, 5) is 13.6. The lowest BCUT2D eigenvalue weighted by Gasteiger charge is -2.39. The molecule has 3 rings (SSSR count). The van der Waals surface area contributed by atoms with Crippen LogP contribution < -0.4 is 4.74 Å². The van der Waals surface area contributed by atoms with Crippen molar-refractivity contribution in [1.82, 2.24) is 4.90 Å². The molecule has 0 radical (unpaired) electrons. The Hall–Kier alpha value is -2.86. The fraction of sp³-hybridized carbons (Fsp3) is 0.435. The van der Waals surface area contributed by atoms with Gasteiger partial charge in [0.2, 0.25) is 0 Å². The number of carbonyl (C=O) groups is 1. The highest BCUT2D eigenvalue weighted by Gasteiger charge is 2.39. The van der Waals surface area contributed by atoms with Crippen LogP contribution in [0.15, 0.2) is 63.1 Å². The SMILES string of the molecule is CC(C)(C)OC(=O)N1CCC(N=NS(=O)(=O)c2ccc(OC(F)(F)F)cc2)(c2ccc(Cl)cc2)CC1. The third-order valence-corrected chi connectivity index (χ3v) is 6.74. The number of ether oxygens (including phenoxy) is 2. The number of carbonyl (C=O) groups excluding carboxylic acids is 1. The fourth-order valence-corrected chi connectivity index (χ4v) is 4.55. The molecule has 196 valence electrons. The van der Waals surface area contributed by atoms with Gasteiger partial charge in [0.1, 0.15) is 16.9 Å². The molecular weight excluding hydrogens is 523 g/mol. The van der Waals surface area contributed by atoms with E-state index in [1.54, 1.807) is 45.0 Å². The molecule has 1 aliphatic heterocycles. The summed E-state index contributed by atoms with van der Waals surface area (Å²) in [6.07, 6.45) is -4.88. The Bertz CT molecular complexity index is 1200. The summed E-state index contributed by atoms with van der Waals surface area (Å²) in [7, 11) is -4.34. The smallest absolute Gasteiger partial charge is 0.444 e. The van der Waals surface area contributed by atoms with Crippen molar-refractivity contribution in [1.29, 1.82) is 0 Å². The minimum atomic E-state index is -4.90. The van der Waals surface area contributed by atoms with Crippen LogP contribution in [-0.4, -0.2) is 44.5 Å². The van der Waals surface area contributed by atoms with Gasteiger partial charge < -0.3 is 14.4 Å².